The van der Waals surface area contributed by atoms with Gasteiger partial charge in [-0.15, -0.1) is 12.4 Å². The van der Waals surface area contributed by atoms with Gasteiger partial charge in [0.05, 0.1) is 7.11 Å². The first-order chi connectivity index (χ1) is 9.17. The lowest BCUT2D eigenvalue weighted by Crippen LogP contribution is -2.27. The number of amides is 1. The Labute approximate surface area is 127 Å². The fourth-order valence-corrected chi connectivity index (χ4v) is 1.89. The number of carbonyl (C=O) groups is 1. The Hall–Kier alpha value is -1.26. The van der Waals surface area contributed by atoms with E-state index in [1.165, 1.54) is 0 Å². The number of halogens is 1. The topological polar surface area (TPSA) is 50.4 Å². The van der Waals surface area contributed by atoms with Crippen LogP contribution in [0.15, 0.2) is 24.3 Å². The fourth-order valence-electron chi connectivity index (χ4n) is 1.89. The van der Waals surface area contributed by atoms with E-state index < -0.39 is 0 Å². The van der Waals surface area contributed by atoms with E-state index in [4.69, 9.17) is 4.74 Å². The Balaban J connectivity index is 0.00000361. The van der Waals surface area contributed by atoms with Gasteiger partial charge in [-0.2, -0.15) is 0 Å². The third kappa shape index (κ3) is 6.78. The molecule has 0 fully saturated rings. The number of benzene rings is 1. The summed E-state index contributed by atoms with van der Waals surface area (Å²) in [4.78, 5) is 11.8. The summed E-state index contributed by atoms with van der Waals surface area (Å²) in [5, 5.41) is 5.99. The van der Waals surface area contributed by atoms with Crippen molar-refractivity contribution in [1.29, 1.82) is 0 Å². The smallest absolute Gasteiger partial charge is 0.220 e. The van der Waals surface area contributed by atoms with E-state index in [0.29, 0.717) is 6.42 Å². The van der Waals surface area contributed by atoms with E-state index >= 15 is 0 Å². The van der Waals surface area contributed by atoms with E-state index in [-0.39, 0.29) is 24.2 Å². The van der Waals surface area contributed by atoms with Gasteiger partial charge in [0.25, 0.3) is 0 Å². The van der Waals surface area contributed by atoms with Gasteiger partial charge in [-0.25, -0.2) is 0 Å². The molecule has 20 heavy (non-hydrogen) atoms. The van der Waals surface area contributed by atoms with Gasteiger partial charge in [0.15, 0.2) is 0 Å². The van der Waals surface area contributed by atoms with Crippen molar-refractivity contribution in [3.63, 3.8) is 0 Å². The Bertz CT molecular complexity index is 382. The Morgan fingerprint density at radius 3 is 2.45 bits per heavy atom. The minimum Gasteiger partial charge on any atom is -0.497 e. The second-order valence-electron chi connectivity index (χ2n) is 4.69. The van der Waals surface area contributed by atoms with Crippen molar-refractivity contribution in [2.45, 2.75) is 25.7 Å². The van der Waals surface area contributed by atoms with E-state index in [2.05, 4.69) is 17.6 Å². The first-order valence-corrected chi connectivity index (χ1v) is 6.72. The third-order valence-electron chi connectivity index (χ3n) is 3.10. The number of hydrogen-bond donors (Lipinski definition) is 2. The average molecular weight is 301 g/mol. The highest BCUT2D eigenvalue weighted by molar-refractivity contribution is 5.85. The largest absolute Gasteiger partial charge is 0.497 e. The molecule has 0 spiro atoms. The Morgan fingerprint density at radius 1 is 1.25 bits per heavy atom. The van der Waals surface area contributed by atoms with Gasteiger partial charge in [-0.05, 0) is 43.6 Å². The molecule has 0 saturated carbocycles. The summed E-state index contributed by atoms with van der Waals surface area (Å²) in [6, 6.07) is 7.88. The summed E-state index contributed by atoms with van der Waals surface area (Å²) >= 11 is 0. The molecule has 4 nitrogen and oxygen atoms in total. The molecule has 1 aromatic rings. The van der Waals surface area contributed by atoms with E-state index in [1.807, 2.05) is 31.3 Å². The SMILES string of the molecule is CNCCCNC(=O)CC(C)c1ccc(OC)cc1.Cl. The van der Waals surface area contributed by atoms with Crippen molar-refractivity contribution in [2.24, 2.45) is 0 Å². The molecule has 1 aromatic carbocycles. The van der Waals surface area contributed by atoms with Crippen LogP contribution in [0.4, 0.5) is 0 Å². The first-order valence-electron chi connectivity index (χ1n) is 6.72. The van der Waals surface area contributed by atoms with Crippen molar-refractivity contribution >= 4 is 18.3 Å². The van der Waals surface area contributed by atoms with Gasteiger partial charge in [0.1, 0.15) is 5.75 Å². The maximum Gasteiger partial charge on any atom is 0.220 e. The highest BCUT2D eigenvalue weighted by Crippen LogP contribution is 2.21. The molecule has 1 amide bonds. The lowest BCUT2D eigenvalue weighted by Gasteiger charge is -2.12. The predicted molar refractivity (Wildman–Crippen MR) is 84.8 cm³/mol. The first kappa shape index (κ1) is 18.7. The van der Waals surface area contributed by atoms with Gasteiger partial charge in [-0.1, -0.05) is 19.1 Å². The van der Waals surface area contributed by atoms with Crippen molar-refractivity contribution in [1.82, 2.24) is 10.6 Å². The number of carbonyl (C=O) groups excluding carboxylic acids is 1. The molecule has 1 unspecified atom stereocenters. The summed E-state index contributed by atoms with van der Waals surface area (Å²) in [5.41, 5.74) is 1.16. The Morgan fingerprint density at radius 2 is 1.90 bits per heavy atom. The molecule has 0 saturated heterocycles. The zero-order chi connectivity index (χ0) is 14.1. The van der Waals surface area contributed by atoms with Crippen molar-refractivity contribution in [3.8, 4) is 5.75 Å². The minimum atomic E-state index is 0. The molecule has 0 heterocycles. The van der Waals surface area contributed by atoms with Crippen LogP contribution in [-0.4, -0.2) is 33.2 Å². The molecule has 0 radical (unpaired) electrons. The summed E-state index contributed by atoms with van der Waals surface area (Å²) in [6.45, 7) is 3.72. The molecular weight excluding hydrogens is 276 g/mol. The molecule has 0 aromatic heterocycles. The van der Waals surface area contributed by atoms with Crippen LogP contribution in [0.5, 0.6) is 5.75 Å². The second kappa shape index (κ2) is 10.5. The minimum absolute atomic E-state index is 0. The molecule has 0 bridgehead atoms. The maximum atomic E-state index is 11.8. The molecule has 0 aliphatic rings. The van der Waals surface area contributed by atoms with Crippen molar-refractivity contribution < 1.29 is 9.53 Å². The van der Waals surface area contributed by atoms with E-state index in [1.54, 1.807) is 7.11 Å². The monoisotopic (exact) mass is 300 g/mol. The maximum absolute atomic E-state index is 11.8. The number of ether oxygens (including phenoxy) is 1. The standard InChI is InChI=1S/C15H24N2O2.ClH/c1-12(11-15(18)17-10-4-9-16-2)13-5-7-14(19-3)8-6-13;/h5-8,12,16H,4,9-11H2,1-3H3,(H,17,18);1H. The van der Waals surface area contributed by atoms with Gasteiger partial charge in [0, 0.05) is 13.0 Å². The van der Waals surface area contributed by atoms with Crippen LogP contribution in [0.3, 0.4) is 0 Å². The molecule has 0 aliphatic heterocycles. The van der Waals surface area contributed by atoms with Crippen LogP contribution in [0.25, 0.3) is 0 Å². The summed E-state index contributed by atoms with van der Waals surface area (Å²) in [7, 11) is 3.56. The van der Waals surface area contributed by atoms with Crippen LogP contribution in [0.2, 0.25) is 0 Å². The highest BCUT2D eigenvalue weighted by Gasteiger charge is 2.10. The van der Waals surface area contributed by atoms with E-state index in [0.717, 1.165) is 30.8 Å². The zero-order valence-corrected chi connectivity index (χ0v) is 13.3. The van der Waals surface area contributed by atoms with Crippen molar-refractivity contribution in [3.05, 3.63) is 29.8 Å². The normalized spacial score (nSPS) is 11.3. The highest BCUT2D eigenvalue weighted by atomic mass is 35.5. The number of rotatable bonds is 8. The van der Waals surface area contributed by atoms with Gasteiger partial charge >= 0.3 is 0 Å². The van der Waals surface area contributed by atoms with Crippen LogP contribution >= 0.6 is 12.4 Å². The average Bonchev–Trinajstić information content (AvgIpc) is 2.43. The molecule has 0 aliphatic carbocycles. The Kier molecular flexibility index (Phi) is 9.86. The molecule has 1 atom stereocenters. The van der Waals surface area contributed by atoms with Gasteiger partial charge in [0.2, 0.25) is 5.91 Å². The zero-order valence-electron chi connectivity index (χ0n) is 12.4. The predicted octanol–water partition coefficient (Wildman–Crippen LogP) is 2.34. The molecule has 5 heteroatoms. The fraction of sp³-hybridized carbons (Fsp3) is 0.533. The summed E-state index contributed by atoms with van der Waals surface area (Å²) in [6.07, 6.45) is 1.48. The molecule has 2 N–H and O–H groups in total. The molecular formula is C15H25ClN2O2. The van der Waals surface area contributed by atoms with Crippen LogP contribution in [-0.2, 0) is 4.79 Å². The van der Waals surface area contributed by atoms with Crippen molar-refractivity contribution in [2.75, 3.05) is 27.2 Å². The number of hydrogen-bond acceptors (Lipinski definition) is 3. The van der Waals surface area contributed by atoms with Crippen LogP contribution in [0, 0.1) is 0 Å². The van der Waals surface area contributed by atoms with E-state index in [9.17, 15) is 4.79 Å². The summed E-state index contributed by atoms with van der Waals surface area (Å²) < 4.78 is 5.12. The van der Waals surface area contributed by atoms with Gasteiger partial charge < -0.3 is 15.4 Å². The van der Waals surface area contributed by atoms with Crippen LogP contribution < -0.4 is 15.4 Å². The molecule has 114 valence electrons. The van der Waals surface area contributed by atoms with Gasteiger partial charge in [-0.3, -0.25) is 4.79 Å². The number of methoxy groups -OCH3 is 1. The second-order valence-corrected chi connectivity index (χ2v) is 4.69. The quantitative estimate of drug-likeness (QED) is 0.725. The number of nitrogens with one attached hydrogen (secondary N) is 2. The lowest BCUT2D eigenvalue weighted by molar-refractivity contribution is -0.121. The molecule has 1 rings (SSSR count). The van der Waals surface area contributed by atoms with Crippen LogP contribution in [0.1, 0.15) is 31.2 Å². The summed E-state index contributed by atoms with van der Waals surface area (Å²) in [5.74, 6) is 1.17. The lowest BCUT2D eigenvalue weighted by atomic mass is 9.97. The third-order valence-corrected chi connectivity index (χ3v) is 3.10.